The van der Waals surface area contributed by atoms with Crippen molar-refractivity contribution >= 4 is 11.9 Å². The third-order valence-corrected chi connectivity index (χ3v) is 10.0. The first-order valence-electron chi connectivity index (χ1n) is 13.4. The van der Waals surface area contributed by atoms with E-state index in [0.717, 1.165) is 12.0 Å². The van der Waals surface area contributed by atoms with E-state index in [1.807, 2.05) is 13.8 Å². The van der Waals surface area contributed by atoms with Crippen molar-refractivity contribution in [1.82, 2.24) is 0 Å². The van der Waals surface area contributed by atoms with Crippen molar-refractivity contribution in [1.29, 1.82) is 0 Å². The average molecular weight is 499 g/mol. The highest BCUT2D eigenvalue weighted by atomic mass is 16.5. The van der Waals surface area contributed by atoms with Gasteiger partial charge < -0.3 is 14.9 Å². The fraction of sp³-hybridized carbons (Fsp3) is 0.677. The molecule has 0 aromatic rings. The number of carboxylic acids is 1. The van der Waals surface area contributed by atoms with Gasteiger partial charge in [0.15, 0.2) is 0 Å². The van der Waals surface area contributed by atoms with Gasteiger partial charge in [-0.15, -0.1) is 0 Å². The predicted molar refractivity (Wildman–Crippen MR) is 143 cm³/mol. The highest BCUT2D eigenvalue weighted by Gasteiger charge is 2.65. The van der Waals surface area contributed by atoms with Gasteiger partial charge in [0.1, 0.15) is 0 Å². The molecular weight excluding hydrogens is 452 g/mol. The summed E-state index contributed by atoms with van der Waals surface area (Å²) in [6.45, 7) is 17.1. The summed E-state index contributed by atoms with van der Waals surface area (Å²) >= 11 is 0. The topological polar surface area (TPSA) is 83.8 Å². The summed E-state index contributed by atoms with van der Waals surface area (Å²) in [7, 11) is 1.43. The van der Waals surface area contributed by atoms with Crippen LogP contribution in [0.2, 0.25) is 0 Å². The number of carbonyl (C=O) groups is 2. The lowest BCUT2D eigenvalue weighted by Crippen LogP contribution is -2.48. The number of aliphatic hydroxyl groups excluding tert-OH is 1. The minimum Gasteiger partial charge on any atom is -0.481 e. The maximum Gasteiger partial charge on any atom is 0.306 e. The van der Waals surface area contributed by atoms with Crippen LogP contribution < -0.4 is 0 Å². The number of allylic oxidation sites excluding steroid dienone is 7. The summed E-state index contributed by atoms with van der Waals surface area (Å²) in [5, 5.41) is 21.7. The van der Waals surface area contributed by atoms with E-state index < -0.39 is 18.0 Å². The van der Waals surface area contributed by atoms with Gasteiger partial charge in [0.05, 0.1) is 19.1 Å². The monoisotopic (exact) mass is 498 g/mol. The number of hydrogen-bond donors (Lipinski definition) is 2. The summed E-state index contributed by atoms with van der Waals surface area (Å²) in [4.78, 5) is 24.6. The fourth-order valence-corrected chi connectivity index (χ4v) is 7.87. The molecule has 3 rings (SSSR count). The van der Waals surface area contributed by atoms with Crippen LogP contribution in [-0.2, 0) is 14.3 Å². The average Bonchev–Trinajstić information content (AvgIpc) is 3.00. The first-order valence-corrected chi connectivity index (χ1v) is 13.4. The van der Waals surface area contributed by atoms with Gasteiger partial charge in [-0.25, -0.2) is 0 Å². The highest BCUT2D eigenvalue weighted by Crippen LogP contribution is 2.70. The van der Waals surface area contributed by atoms with Crippen molar-refractivity contribution in [2.45, 2.75) is 92.6 Å². The van der Waals surface area contributed by atoms with Gasteiger partial charge in [0, 0.05) is 17.8 Å². The lowest BCUT2D eigenvalue weighted by molar-refractivity contribution is -0.148. The van der Waals surface area contributed by atoms with Crippen molar-refractivity contribution in [3.05, 3.63) is 47.1 Å². The predicted octanol–water partition coefficient (Wildman–Crippen LogP) is 6.64. The molecule has 0 saturated heterocycles. The van der Waals surface area contributed by atoms with Gasteiger partial charge in [-0.05, 0) is 87.2 Å². The van der Waals surface area contributed by atoms with Crippen LogP contribution >= 0.6 is 0 Å². The van der Waals surface area contributed by atoms with Crippen LogP contribution in [-0.4, -0.2) is 35.4 Å². The molecule has 5 heteroatoms. The second kappa shape index (κ2) is 10.3. The smallest absolute Gasteiger partial charge is 0.306 e. The van der Waals surface area contributed by atoms with E-state index >= 15 is 0 Å². The Morgan fingerprint density at radius 3 is 2.42 bits per heavy atom. The summed E-state index contributed by atoms with van der Waals surface area (Å²) in [5.41, 5.74) is 3.76. The first-order chi connectivity index (χ1) is 16.7. The fourth-order valence-electron chi connectivity index (χ4n) is 7.87. The molecule has 2 N–H and O–H groups in total. The second-order valence-electron chi connectivity index (χ2n) is 12.4. The Kier molecular flexibility index (Phi) is 8.15. The molecule has 0 bridgehead atoms. The molecule has 200 valence electrons. The molecule has 1 fully saturated rings. The van der Waals surface area contributed by atoms with E-state index in [9.17, 15) is 19.8 Å². The van der Waals surface area contributed by atoms with Gasteiger partial charge in [0.2, 0.25) is 0 Å². The molecule has 0 heterocycles. The summed E-state index contributed by atoms with van der Waals surface area (Å²) < 4.78 is 4.96. The van der Waals surface area contributed by atoms with Crippen molar-refractivity contribution < 1.29 is 24.5 Å². The Hall–Kier alpha value is -2.14. The number of esters is 1. The minimum absolute atomic E-state index is 0.211. The molecule has 0 spiro atoms. The number of methoxy groups -OCH3 is 1. The van der Waals surface area contributed by atoms with E-state index in [2.05, 4.69) is 52.5 Å². The van der Waals surface area contributed by atoms with E-state index in [1.54, 1.807) is 0 Å². The van der Waals surface area contributed by atoms with E-state index in [1.165, 1.54) is 23.8 Å². The Morgan fingerprint density at radius 1 is 1.19 bits per heavy atom. The van der Waals surface area contributed by atoms with Crippen LogP contribution in [0.3, 0.4) is 0 Å². The zero-order valence-electron chi connectivity index (χ0n) is 23.3. The standard InChI is InChI=1S/C31H46O5/c1-19(2)10-9-11-21(28(34)35)27-25(32)18-31(7)24-13-12-22(20(3)4)29(5,16-15-26(33)36-8)23(24)14-17-30(27,31)6/h10,13-14,21-22,25,27,32H,3,9,11-12,15-18H2,1-2,4-8H3,(H,34,35)/t21-,22?,25-,27+,29+,30-,31+/m1/s1. The van der Waals surface area contributed by atoms with Crippen LogP contribution in [0.4, 0.5) is 0 Å². The summed E-state index contributed by atoms with van der Waals surface area (Å²) in [6.07, 6.45) is 10.3. The molecule has 36 heavy (non-hydrogen) atoms. The highest BCUT2D eigenvalue weighted by molar-refractivity contribution is 5.71. The minimum atomic E-state index is -0.815. The largest absolute Gasteiger partial charge is 0.481 e. The number of aliphatic hydroxyl groups is 1. The molecule has 3 aliphatic carbocycles. The second-order valence-corrected chi connectivity index (χ2v) is 12.4. The van der Waals surface area contributed by atoms with Crippen LogP contribution in [0.5, 0.6) is 0 Å². The Labute approximate surface area is 217 Å². The SMILES string of the molecule is C=C(C)C1CC=C2C(=CC[C@]3(C)[C@@H]([C@@H](CCC=C(C)C)C(=O)O)[C@H](O)C[C@@]23C)[C@@]1(C)CCC(=O)OC. The van der Waals surface area contributed by atoms with Crippen molar-refractivity contribution in [2.75, 3.05) is 7.11 Å². The van der Waals surface area contributed by atoms with Crippen LogP contribution in [0.25, 0.3) is 0 Å². The van der Waals surface area contributed by atoms with Gasteiger partial charge >= 0.3 is 11.9 Å². The normalized spacial score (nSPS) is 36.1. The molecule has 0 aliphatic heterocycles. The van der Waals surface area contributed by atoms with Crippen molar-refractivity contribution in [3.8, 4) is 0 Å². The third-order valence-electron chi connectivity index (χ3n) is 10.0. The molecule has 1 saturated carbocycles. The van der Waals surface area contributed by atoms with Crippen LogP contribution in [0, 0.1) is 34.0 Å². The van der Waals surface area contributed by atoms with E-state index in [0.29, 0.717) is 38.5 Å². The third kappa shape index (κ3) is 4.64. The number of aliphatic carboxylic acids is 1. The van der Waals surface area contributed by atoms with Crippen LogP contribution in [0.1, 0.15) is 86.5 Å². The Morgan fingerprint density at radius 2 is 1.86 bits per heavy atom. The number of ether oxygens (including phenoxy) is 1. The molecule has 1 unspecified atom stereocenters. The number of rotatable bonds is 9. The van der Waals surface area contributed by atoms with Gasteiger partial charge in [-0.2, -0.15) is 0 Å². The molecule has 0 radical (unpaired) electrons. The molecule has 0 amide bonds. The zero-order chi connectivity index (χ0) is 27.1. The molecule has 5 nitrogen and oxygen atoms in total. The Bertz CT molecular complexity index is 998. The summed E-state index contributed by atoms with van der Waals surface area (Å²) in [6, 6.07) is 0. The number of carbonyl (C=O) groups excluding carboxylic acids is 1. The van der Waals surface area contributed by atoms with Crippen molar-refractivity contribution in [2.24, 2.45) is 34.0 Å². The molecule has 3 aliphatic rings. The lowest BCUT2D eigenvalue weighted by Gasteiger charge is -2.56. The van der Waals surface area contributed by atoms with Crippen LogP contribution in [0.15, 0.2) is 47.1 Å². The Balaban J connectivity index is 2.05. The molecule has 0 aromatic carbocycles. The molecule has 0 aromatic heterocycles. The van der Waals surface area contributed by atoms with Gasteiger partial charge in [0.25, 0.3) is 0 Å². The zero-order valence-corrected chi connectivity index (χ0v) is 23.3. The lowest BCUT2D eigenvalue weighted by atomic mass is 9.48. The summed E-state index contributed by atoms with van der Waals surface area (Å²) in [5.74, 6) is -1.75. The van der Waals surface area contributed by atoms with Gasteiger partial charge in [-0.1, -0.05) is 56.7 Å². The van der Waals surface area contributed by atoms with Gasteiger partial charge in [-0.3, -0.25) is 9.59 Å². The quantitative estimate of drug-likeness (QED) is 0.275. The number of carboxylic acid groups (broad SMARTS) is 1. The maximum absolute atomic E-state index is 12.5. The maximum atomic E-state index is 12.5. The number of fused-ring (bicyclic) bond motifs is 3. The van der Waals surface area contributed by atoms with E-state index in [4.69, 9.17) is 4.74 Å². The number of hydrogen-bond acceptors (Lipinski definition) is 4. The first kappa shape index (κ1) is 28.4. The van der Waals surface area contributed by atoms with Crippen molar-refractivity contribution in [3.63, 3.8) is 0 Å². The molecular formula is C31H46O5. The van der Waals surface area contributed by atoms with E-state index in [-0.39, 0.29) is 34.1 Å². The molecule has 7 atom stereocenters.